The number of aromatic amines is 1. The Kier molecular flexibility index (Phi) is 6.55. The van der Waals surface area contributed by atoms with Crippen molar-refractivity contribution in [2.24, 2.45) is 0 Å². The molecule has 0 aliphatic carbocycles. The molecule has 0 amide bonds. The Morgan fingerprint density at radius 3 is 2.67 bits per heavy atom. The molecule has 0 spiro atoms. The Morgan fingerprint density at radius 1 is 1.17 bits per heavy atom. The molecule has 0 saturated carbocycles. The van der Waals surface area contributed by atoms with Crippen LogP contribution in [0.3, 0.4) is 0 Å². The number of nitrogens with zero attached hydrogens (tertiary/aromatic N) is 7. The van der Waals surface area contributed by atoms with E-state index in [0.717, 1.165) is 0 Å². The molecule has 3 aliphatic heterocycles. The summed E-state index contributed by atoms with van der Waals surface area (Å²) in [5.74, 6) is 0.0953. The number of aliphatic hydroxyl groups excluding tert-OH is 1. The summed E-state index contributed by atoms with van der Waals surface area (Å²) < 4.78 is 26.9. The van der Waals surface area contributed by atoms with Crippen LogP contribution in [-0.2, 0) is 40.1 Å². The Morgan fingerprint density at radius 2 is 1.93 bits per heavy atom. The summed E-state index contributed by atoms with van der Waals surface area (Å²) in [6.45, 7) is -2.79. The average molecular weight is 625 g/mol. The highest BCUT2D eigenvalue weighted by Crippen LogP contribution is 2.53. The molecular formula is C21H25N10O9PS. The highest BCUT2D eigenvalue weighted by molar-refractivity contribution is 8.07. The first kappa shape index (κ1) is 27.7. The second-order valence-corrected chi connectivity index (χ2v) is 13.0. The molecule has 4 aromatic rings. The summed E-state index contributed by atoms with van der Waals surface area (Å²) in [5.41, 5.74) is 11.0. The molecule has 7 heterocycles. The van der Waals surface area contributed by atoms with Crippen molar-refractivity contribution in [2.45, 2.75) is 55.8 Å². The van der Waals surface area contributed by atoms with Gasteiger partial charge in [-0.1, -0.05) is 0 Å². The van der Waals surface area contributed by atoms with Gasteiger partial charge in [0.2, 0.25) is 5.95 Å². The lowest BCUT2D eigenvalue weighted by Crippen LogP contribution is -2.53. The summed E-state index contributed by atoms with van der Waals surface area (Å²) in [5, 5.41) is 9.75. The van der Waals surface area contributed by atoms with E-state index in [1.807, 2.05) is 0 Å². The Hall–Kier alpha value is -3.17. The van der Waals surface area contributed by atoms with Gasteiger partial charge in [0.05, 0.1) is 32.0 Å². The van der Waals surface area contributed by atoms with Crippen molar-refractivity contribution in [1.82, 2.24) is 39.0 Å². The molecule has 3 aliphatic rings. The summed E-state index contributed by atoms with van der Waals surface area (Å²) >= 11 is 5.35. The molecule has 42 heavy (non-hydrogen) atoms. The first-order chi connectivity index (χ1) is 20.1. The van der Waals surface area contributed by atoms with Crippen LogP contribution in [0, 0.1) is 0 Å². The van der Waals surface area contributed by atoms with E-state index in [2.05, 4.69) is 29.9 Å². The van der Waals surface area contributed by atoms with Crippen LogP contribution in [0.4, 0.5) is 11.8 Å². The number of ether oxygens (including phenoxy) is 2. The minimum absolute atomic E-state index is 0.0247. The van der Waals surface area contributed by atoms with Crippen molar-refractivity contribution >= 4 is 52.6 Å². The molecule has 4 aromatic heterocycles. The minimum atomic E-state index is -3.95. The van der Waals surface area contributed by atoms with Crippen molar-refractivity contribution in [1.29, 1.82) is 0 Å². The van der Waals surface area contributed by atoms with Gasteiger partial charge in [0.1, 0.15) is 23.5 Å². The second-order valence-electron chi connectivity index (χ2n) is 10.2. The zero-order valence-electron chi connectivity index (χ0n) is 21.7. The van der Waals surface area contributed by atoms with Crippen molar-refractivity contribution in [3.8, 4) is 0 Å². The lowest BCUT2D eigenvalue weighted by atomic mass is 9.97. The van der Waals surface area contributed by atoms with Gasteiger partial charge in [0.15, 0.2) is 47.3 Å². The van der Waals surface area contributed by atoms with E-state index in [0.29, 0.717) is 11.2 Å². The standard InChI is InChI=1S/C21H25N10O9PS/c1-21(13-12(38-39-13)19(37-21)30-6-26-10-14(22)24-5-25-15(10)30)4-35-41(34,42)40-9-2-8(3-32)36-18(9)31-7-27-11-16(31)28-20(23)29-17(11)33/h5-9,12-13,18-19,32H,2-4H2,1H3,(H,34,42)(H2,22,24,25)(H3,23,28,29,33)/t8-,9+,12+,13?,18+,19+,21?,41?/m0/s1. The number of nitrogens with one attached hydrogen (secondary N) is 1. The van der Waals surface area contributed by atoms with Crippen molar-refractivity contribution in [3.05, 3.63) is 29.3 Å². The number of H-pyrrole nitrogens is 1. The zero-order valence-corrected chi connectivity index (χ0v) is 23.4. The normalized spacial score (nSPS) is 32.3. The molecule has 224 valence electrons. The van der Waals surface area contributed by atoms with E-state index >= 15 is 0 Å². The predicted molar refractivity (Wildman–Crippen MR) is 144 cm³/mol. The SMILES string of the molecule is CC1(COP(O)(=S)O[C@@H]2C[C@@H](CO)O[C@H]2n2cnc3c(=O)[nH]c(N)nc32)O[C@@H](n2cnc3c(N)ncnc32)[C@@H]2OOC21. The van der Waals surface area contributed by atoms with Gasteiger partial charge in [0.25, 0.3) is 5.56 Å². The number of nitrogens with two attached hydrogens (primary N) is 2. The predicted octanol–water partition coefficient (Wildman–Crippen LogP) is -0.991. The van der Waals surface area contributed by atoms with Gasteiger partial charge in [-0.25, -0.2) is 29.7 Å². The number of rotatable bonds is 8. The lowest BCUT2D eigenvalue weighted by molar-refractivity contribution is -0.468. The Balaban J connectivity index is 1.09. The Bertz CT molecular complexity index is 1780. The average Bonchev–Trinajstić information content (AvgIpc) is 3.66. The van der Waals surface area contributed by atoms with Crippen molar-refractivity contribution < 1.29 is 38.3 Å². The molecule has 7 N–H and O–H groups in total. The molecule has 8 atom stereocenters. The highest BCUT2D eigenvalue weighted by Gasteiger charge is 2.62. The maximum atomic E-state index is 12.2. The van der Waals surface area contributed by atoms with Crippen LogP contribution >= 0.6 is 6.72 Å². The smallest absolute Gasteiger partial charge is 0.325 e. The third-order valence-corrected chi connectivity index (χ3v) is 8.93. The quantitative estimate of drug-likeness (QED) is 0.116. The molecule has 21 heteroatoms. The van der Waals surface area contributed by atoms with Crippen LogP contribution in [0.15, 0.2) is 23.8 Å². The van der Waals surface area contributed by atoms with Gasteiger partial charge in [0, 0.05) is 6.42 Å². The molecule has 19 nitrogen and oxygen atoms in total. The number of nitrogen functional groups attached to an aromatic ring is 2. The molecule has 7 rings (SSSR count). The van der Waals surface area contributed by atoms with Crippen LogP contribution in [0.2, 0.25) is 0 Å². The fraction of sp³-hybridized carbons (Fsp3) is 0.524. The fourth-order valence-electron chi connectivity index (χ4n) is 5.33. The largest absolute Gasteiger partial charge is 0.394 e. The van der Waals surface area contributed by atoms with Crippen LogP contribution < -0.4 is 17.0 Å². The van der Waals surface area contributed by atoms with E-state index in [9.17, 15) is 14.8 Å². The maximum Gasteiger partial charge on any atom is 0.325 e. The number of hydrogen-bond acceptors (Lipinski definition) is 16. The first-order valence-corrected chi connectivity index (χ1v) is 15.2. The summed E-state index contributed by atoms with van der Waals surface area (Å²) in [4.78, 5) is 57.1. The monoisotopic (exact) mass is 624 g/mol. The number of aliphatic hydroxyl groups is 1. The number of aromatic nitrogens is 8. The van der Waals surface area contributed by atoms with Gasteiger partial charge in [-0.05, 0) is 18.7 Å². The van der Waals surface area contributed by atoms with Crippen LogP contribution in [-0.4, -0.2) is 92.3 Å². The fourth-order valence-corrected chi connectivity index (χ4v) is 6.84. The van der Waals surface area contributed by atoms with Crippen LogP contribution in [0.1, 0.15) is 25.8 Å². The number of anilines is 2. The van der Waals surface area contributed by atoms with E-state index in [4.69, 9.17) is 51.6 Å². The molecule has 0 radical (unpaired) electrons. The van der Waals surface area contributed by atoms with Gasteiger partial charge < -0.3 is 40.0 Å². The van der Waals surface area contributed by atoms with Crippen LogP contribution in [0.25, 0.3) is 22.3 Å². The van der Waals surface area contributed by atoms with Gasteiger partial charge >= 0.3 is 6.72 Å². The maximum absolute atomic E-state index is 12.2. The molecule has 3 saturated heterocycles. The summed E-state index contributed by atoms with van der Waals surface area (Å²) in [7, 11) is 0. The molecule has 0 bridgehead atoms. The van der Waals surface area contributed by atoms with Crippen molar-refractivity contribution in [2.75, 3.05) is 24.7 Å². The third kappa shape index (κ3) is 4.47. The second kappa shape index (κ2) is 9.95. The third-order valence-electron chi connectivity index (χ3n) is 7.36. The van der Waals surface area contributed by atoms with Gasteiger partial charge in [-0.3, -0.25) is 18.9 Å². The number of imidazole rings is 2. The number of hydrogen-bond donors (Lipinski definition) is 5. The Labute approximate surface area is 239 Å². The molecule has 3 fully saturated rings. The molecule has 0 aromatic carbocycles. The topological polar surface area (TPSA) is 255 Å². The van der Waals surface area contributed by atoms with E-state index in [-0.39, 0.29) is 42.6 Å². The van der Waals surface area contributed by atoms with E-state index in [1.54, 1.807) is 11.5 Å². The van der Waals surface area contributed by atoms with Gasteiger partial charge in [-0.15, -0.1) is 0 Å². The summed E-state index contributed by atoms with van der Waals surface area (Å²) in [6.07, 6.45) is -0.0376. The first-order valence-electron chi connectivity index (χ1n) is 12.6. The highest BCUT2D eigenvalue weighted by atomic mass is 32.5. The molecular weight excluding hydrogens is 599 g/mol. The van der Waals surface area contributed by atoms with Crippen LogP contribution in [0.5, 0.6) is 0 Å². The molecule has 3 unspecified atom stereocenters. The van der Waals surface area contributed by atoms with Gasteiger partial charge in [-0.2, -0.15) is 4.98 Å². The lowest BCUT2D eigenvalue weighted by Gasteiger charge is -2.36. The summed E-state index contributed by atoms with van der Waals surface area (Å²) in [6, 6.07) is 0. The van der Waals surface area contributed by atoms with E-state index in [1.165, 1.54) is 23.5 Å². The zero-order chi connectivity index (χ0) is 29.4. The van der Waals surface area contributed by atoms with E-state index < -0.39 is 54.8 Å². The number of fused-ring (bicyclic) bond motifs is 3. The minimum Gasteiger partial charge on any atom is -0.394 e. The van der Waals surface area contributed by atoms with Crippen molar-refractivity contribution in [3.63, 3.8) is 0 Å².